The molecule has 0 saturated carbocycles. The lowest BCUT2D eigenvalue weighted by molar-refractivity contribution is 0.239. The first kappa shape index (κ1) is 8.52. The summed E-state index contributed by atoms with van der Waals surface area (Å²) in [5.74, 6) is 5.95. The molecule has 0 aliphatic rings. The second-order valence-corrected chi connectivity index (χ2v) is 2.98. The van der Waals surface area contributed by atoms with E-state index in [0.717, 1.165) is 0 Å². The molecule has 0 fully saturated rings. The van der Waals surface area contributed by atoms with Crippen LogP contribution in [0.2, 0.25) is 0 Å². The molecule has 0 N–H and O–H groups in total. The summed E-state index contributed by atoms with van der Waals surface area (Å²) in [6, 6.07) is 0. The summed E-state index contributed by atoms with van der Waals surface area (Å²) in [6.45, 7) is 6.78. The molecular weight excluding hydrogens is 112 g/mol. The Morgan fingerprint density at radius 3 is 2.22 bits per heavy atom. The topological polar surface area (TPSA) is 9.23 Å². The Kier molecular flexibility index (Phi) is 3.34. The van der Waals surface area contributed by atoms with Crippen LogP contribution in [-0.4, -0.2) is 13.7 Å². The maximum absolute atomic E-state index is 4.76. The quantitative estimate of drug-likeness (QED) is 0.486. The van der Waals surface area contributed by atoms with Gasteiger partial charge in [-0.05, 0) is 20.8 Å². The SMILES string of the molecule is COCC#CC(C)(C)C. The summed E-state index contributed by atoms with van der Waals surface area (Å²) >= 11 is 0. The first-order valence-corrected chi connectivity index (χ1v) is 3.05. The van der Waals surface area contributed by atoms with Crippen molar-refractivity contribution in [2.75, 3.05) is 13.7 Å². The van der Waals surface area contributed by atoms with Gasteiger partial charge in [0.25, 0.3) is 0 Å². The van der Waals surface area contributed by atoms with E-state index in [0.29, 0.717) is 6.61 Å². The summed E-state index contributed by atoms with van der Waals surface area (Å²) in [6.07, 6.45) is 0. The minimum Gasteiger partial charge on any atom is -0.372 e. The van der Waals surface area contributed by atoms with Gasteiger partial charge < -0.3 is 4.74 Å². The first-order chi connectivity index (χ1) is 4.06. The Labute approximate surface area is 57.4 Å². The van der Waals surface area contributed by atoms with Crippen molar-refractivity contribution in [2.24, 2.45) is 5.41 Å². The third kappa shape index (κ3) is 7.52. The molecule has 0 atom stereocenters. The number of ether oxygens (including phenoxy) is 1. The fourth-order valence-electron chi connectivity index (χ4n) is 0.373. The van der Waals surface area contributed by atoms with Gasteiger partial charge >= 0.3 is 0 Å². The Hall–Kier alpha value is -0.480. The van der Waals surface area contributed by atoms with Crippen molar-refractivity contribution in [3.8, 4) is 11.8 Å². The third-order valence-electron chi connectivity index (χ3n) is 0.680. The van der Waals surface area contributed by atoms with E-state index in [1.54, 1.807) is 7.11 Å². The van der Waals surface area contributed by atoms with Crippen molar-refractivity contribution < 1.29 is 4.74 Å². The van der Waals surface area contributed by atoms with E-state index < -0.39 is 0 Å². The Morgan fingerprint density at radius 1 is 1.33 bits per heavy atom. The average Bonchev–Trinajstić information content (AvgIpc) is 1.63. The van der Waals surface area contributed by atoms with E-state index >= 15 is 0 Å². The molecule has 0 aromatic carbocycles. The zero-order chi connectivity index (χ0) is 7.33. The minimum atomic E-state index is 0.110. The summed E-state index contributed by atoms with van der Waals surface area (Å²) in [4.78, 5) is 0. The highest BCUT2D eigenvalue weighted by atomic mass is 16.5. The van der Waals surface area contributed by atoms with Gasteiger partial charge in [0.1, 0.15) is 6.61 Å². The number of rotatable bonds is 1. The van der Waals surface area contributed by atoms with Gasteiger partial charge in [-0.2, -0.15) is 0 Å². The molecule has 0 aliphatic carbocycles. The third-order valence-corrected chi connectivity index (χ3v) is 0.680. The monoisotopic (exact) mass is 126 g/mol. The van der Waals surface area contributed by atoms with Crippen molar-refractivity contribution in [1.82, 2.24) is 0 Å². The highest BCUT2D eigenvalue weighted by Crippen LogP contribution is 2.09. The van der Waals surface area contributed by atoms with Crippen molar-refractivity contribution in [1.29, 1.82) is 0 Å². The van der Waals surface area contributed by atoms with E-state index in [9.17, 15) is 0 Å². The van der Waals surface area contributed by atoms with Crippen LogP contribution >= 0.6 is 0 Å². The van der Waals surface area contributed by atoms with Crippen molar-refractivity contribution >= 4 is 0 Å². The standard InChI is InChI=1S/C8H14O/c1-8(2,3)6-5-7-9-4/h7H2,1-4H3. The van der Waals surface area contributed by atoms with Crippen LogP contribution in [0, 0.1) is 17.3 Å². The van der Waals surface area contributed by atoms with Crippen molar-refractivity contribution in [3.63, 3.8) is 0 Å². The predicted molar refractivity (Wildman–Crippen MR) is 39.1 cm³/mol. The molecule has 0 bridgehead atoms. The maximum Gasteiger partial charge on any atom is 0.107 e. The van der Waals surface area contributed by atoms with Crippen LogP contribution in [0.5, 0.6) is 0 Å². The lowest BCUT2D eigenvalue weighted by atomic mass is 9.98. The van der Waals surface area contributed by atoms with Gasteiger partial charge in [0.2, 0.25) is 0 Å². The van der Waals surface area contributed by atoms with Gasteiger partial charge in [0.15, 0.2) is 0 Å². The molecule has 52 valence electrons. The van der Waals surface area contributed by atoms with Gasteiger partial charge in [-0.1, -0.05) is 11.8 Å². The van der Waals surface area contributed by atoms with Gasteiger partial charge in [-0.25, -0.2) is 0 Å². The fraction of sp³-hybridized carbons (Fsp3) is 0.750. The van der Waals surface area contributed by atoms with E-state index in [1.807, 2.05) is 0 Å². The van der Waals surface area contributed by atoms with E-state index in [-0.39, 0.29) is 5.41 Å². The van der Waals surface area contributed by atoms with Crippen LogP contribution in [0.3, 0.4) is 0 Å². The summed E-state index contributed by atoms with van der Waals surface area (Å²) < 4.78 is 4.76. The molecule has 1 heteroatoms. The molecule has 0 radical (unpaired) electrons. The van der Waals surface area contributed by atoms with Crippen LogP contribution in [0.15, 0.2) is 0 Å². The van der Waals surface area contributed by atoms with Gasteiger partial charge in [-0.3, -0.25) is 0 Å². The maximum atomic E-state index is 4.76. The zero-order valence-corrected chi connectivity index (χ0v) is 6.62. The molecule has 1 nitrogen and oxygen atoms in total. The number of hydrogen-bond acceptors (Lipinski definition) is 1. The Balaban J connectivity index is 3.59. The summed E-state index contributed by atoms with van der Waals surface area (Å²) in [5, 5.41) is 0. The van der Waals surface area contributed by atoms with Crippen LogP contribution in [0.25, 0.3) is 0 Å². The van der Waals surface area contributed by atoms with Gasteiger partial charge in [0, 0.05) is 12.5 Å². The predicted octanol–water partition coefficient (Wildman–Crippen LogP) is 1.68. The lowest BCUT2D eigenvalue weighted by Crippen LogP contribution is -1.99. The largest absolute Gasteiger partial charge is 0.372 e. The fourth-order valence-corrected chi connectivity index (χ4v) is 0.373. The van der Waals surface area contributed by atoms with E-state index in [4.69, 9.17) is 4.74 Å². The second-order valence-electron chi connectivity index (χ2n) is 2.98. The molecule has 0 aromatic rings. The summed E-state index contributed by atoms with van der Waals surface area (Å²) in [7, 11) is 1.65. The molecular formula is C8H14O. The molecule has 0 spiro atoms. The zero-order valence-electron chi connectivity index (χ0n) is 6.62. The van der Waals surface area contributed by atoms with E-state index in [1.165, 1.54) is 0 Å². The molecule has 0 aliphatic heterocycles. The van der Waals surface area contributed by atoms with Crippen LogP contribution in [0.4, 0.5) is 0 Å². The molecule has 0 saturated heterocycles. The van der Waals surface area contributed by atoms with Gasteiger partial charge in [0.05, 0.1) is 0 Å². The lowest BCUT2D eigenvalue weighted by Gasteiger charge is -2.06. The number of hydrogen-bond donors (Lipinski definition) is 0. The Morgan fingerprint density at radius 2 is 1.89 bits per heavy atom. The Bertz CT molecular complexity index is 120. The molecule has 0 rings (SSSR count). The second kappa shape index (κ2) is 3.53. The molecule has 0 unspecified atom stereocenters. The first-order valence-electron chi connectivity index (χ1n) is 3.05. The van der Waals surface area contributed by atoms with Crippen molar-refractivity contribution in [2.45, 2.75) is 20.8 Å². The minimum absolute atomic E-state index is 0.110. The van der Waals surface area contributed by atoms with Crippen LogP contribution < -0.4 is 0 Å². The molecule has 0 aromatic heterocycles. The number of methoxy groups -OCH3 is 1. The summed E-state index contributed by atoms with van der Waals surface area (Å²) in [5.41, 5.74) is 0.110. The molecule has 0 amide bonds. The molecule has 9 heavy (non-hydrogen) atoms. The van der Waals surface area contributed by atoms with E-state index in [2.05, 4.69) is 32.6 Å². The highest BCUT2D eigenvalue weighted by Gasteiger charge is 2.02. The van der Waals surface area contributed by atoms with Crippen molar-refractivity contribution in [3.05, 3.63) is 0 Å². The highest BCUT2D eigenvalue weighted by molar-refractivity contribution is 5.07. The normalized spacial score (nSPS) is 10.2. The smallest absolute Gasteiger partial charge is 0.107 e. The van der Waals surface area contributed by atoms with Crippen LogP contribution in [-0.2, 0) is 4.74 Å². The molecule has 0 heterocycles. The average molecular weight is 126 g/mol. The van der Waals surface area contributed by atoms with Gasteiger partial charge in [-0.15, -0.1) is 0 Å². The van der Waals surface area contributed by atoms with Crippen LogP contribution in [0.1, 0.15) is 20.8 Å².